The number of hydrogen-bond donors (Lipinski definition) is 2. The summed E-state index contributed by atoms with van der Waals surface area (Å²) in [6, 6.07) is 12.0. The number of carbonyl (C=O) groups is 2. The van der Waals surface area contributed by atoms with Crippen molar-refractivity contribution in [2.75, 3.05) is 59.2 Å². The second-order valence-electron chi connectivity index (χ2n) is 13.6. The van der Waals surface area contributed by atoms with Crippen molar-refractivity contribution >= 4 is 21.9 Å². The third-order valence-corrected chi connectivity index (χ3v) is 11.6. The average molecular weight is 674 g/mol. The molecule has 12 heteroatoms. The molecule has 1 amide bonds. The molecule has 2 atom stereocenters. The van der Waals surface area contributed by atoms with E-state index in [0.717, 1.165) is 49.0 Å². The molecular weight excluding hydrogens is 622 g/mol. The first-order valence-electron chi connectivity index (χ1n) is 16.5. The average Bonchev–Trinajstić information content (AvgIpc) is 3.05. The monoisotopic (exact) mass is 673 g/mol. The summed E-state index contributed by atoms with van der Waals surface area (Å²) in [6.07, 6.45) is 3.61. The van der Waals surface area contributed by atoms with Gasteiger partial charge >= 0.3 is 12.1 Å². The van der Waals surface area contributed by atoms with E-state index in [1.165, 1.54) is 4.90 Å². The maximum absolute atomic E-state index is 14.2. The van der Waals surface area contributed by atoms with E-state index < -0.39 is 38.3 Å². The normalized spacial score (nSPS) is 20.0. The zero-order valence-corrected chi connectivity index (χ0v) is 29.2. The van der Waals surface area contributed by atoms with Crippen LogP contribution in [0.25, 0.3) is 11.1 Å². The van der Waals surface area contributed by atoms with Crippen LogP contribution in [0.3, 0.4) is 0 Å². The molecule has 11 nitrogen and oxygen atoms in total. The summed E-state index contributed by atoms with van der Waals surface area (Å²) in [4.78, 5) is 29.3. The van der Waals surface area contributed by atoms with Gasteiger partial charge in [0.25, 0.3) is 0 Å². The van der Waals surface area contributed by atoms with Crippen molar-refractivity contribution in [3.8, 4) is 22.6 Å². The molecule has 0 bridgehead atoms. The van der Waals surface area contributed by atoms with Gasteiger partial charge in [-0.2, -0.15) is 0 Å². The van der Waals surface area contributed by atoms with Crippen molar-refractivity contribution in [3.05, 3.63) is 48.0 Å². The Kier molecular flexibility index (Phi) is 12.2. The topological polar surface area (TPSA) is 135 Å². The van der Waals surface area contributed by atoms with Gasteiger partial charge in [0, 0.05) is 26.2 Å². The number of nitrogens with one attached hydrogen (secondary N) is 1. The Morgan fingerprint density at radius 3 is 2.17 bits per heavy atom. The maximum Gasteiger partial charge on any atom is 0.410 e. The number of piperidine rings is 2. The molecule has 2 aliphatic rings. The first kappa shape index (κ1) is 36.5. The summed E-state index contributed by atoms with van der Waals surface area (Å²) >= 11 is 0. The van der Waals surface area contributed by atoms with Gasteiger partial charge < -0.3 is 34.4 Å². The zero-order chi connectivity index (χ0) is 34.2. The molecule has 2 saturated heterocycles. The highest BCUT2D eigenvalue weighted by atomic mass is 32.2. The largest absolute Gasteiger partial charge is 0.496 e. The SMILES string of the molecule is COc1cccc(OC)c1-c1ccc(C[C@H](NCC2(S(=O)(=O)CCN3CCCCC3)CCCN(C(=O)OC(C)(C)C)C2)C(=O)O)cc1. The van der Waals surface area contributed by atoms with Crippen LogP contribution in [0.1, 0.15) is 58.4 Å². The lowest BCUT2D eigenvalue weighted by Crippen LogP contribution is -2.62. The van der Waals surface area contributed by atoms with Crippen LogP contribution in [0.4, 0.5) is 4.79 Å². The van der Waals surface area contributed by atoms with E-state index in [1.807, 2.05) is 42.5 Å². The number of benzene rings is 2. The van der Waals surface area contributed by atoms with E-state index in [0.29, 0.717) is 37.4 Å². The Bertz CT molecular complexity index is 1450. The quantitative estimate of drug-likeness (QED) is 0.310. The Hall–Kier alpha value is -3.35. The third-order valence-electron chi connectivity index (χ3n) is 9.05. The Morgan fingerprint density at radius 1 is 0.957 bits per heavy atom. The number of nitrogens with zero attached hydrogens (tertiary/aromatic N) is 2. The smallest absolute Gasteiger partial charge is 0.410 e. The number of rotatable bonds is 13. The number of amides is 1. The van der Waals surface area contributed by atoms with E-state index in [1.54, 1.807) is 35.0 Å². The van der Waals surface area contributed by atoms with Gasteiger partial charge in [0.05, 0.1) is 25.5 Å². The lowest BCUT2D eigenvalue weighted by Gasteiger charge is -2.43. The minimum Gasteiger partial charge on any atom is -0.496 e. The van der Waals surface area contributed by atoms with Gasteiger partial charge in [-0.15, -0.1) is 0 Å². The minimum atomic E-state index is -3.77. The van der Waals surface area contributed by atoms with Crippen LogP contribution >= 0.6 is 0 Å². The van der Waals surface area contributed by atoms with Crippen molar-refractivity contribution in [1.82, 2.24) is 15.1 Å². The van der Waals surface area contributed by atoms with Crippen molar-refractivity contribution in [1.29, 1.82) is 0 Å². The van der Waals surface area contributed by atoms with E-state index in [-0.39, 0.29) is 25.3 Å². The van der Waals surface area contributed by atoms with Crippen LogP contribution in [-0.2, 0) is 25.8 Å². The van der Waals surface area contributed by atoms with Gasteiger partial charge in [-0.3, -0.25) is 4.79 Å². The molecule has 260 valence electrons. The number of ether oxygens (including phenoxy) is 3. The molecule has 1 unspecified atom stereocenters. The first-order chi connectivity index (χ1) is 22.3. The van der Waals surface area contributed by atoms with Crippen molar-refractivity contribution in [2.24, 2.45) is 0 Å². The fourth-order valence-corrected chi connectivity index (χ4v) is 8.51. The Balaban J connectivity index is 1.54. The number of carbonyl (C=O) groups excluding carboxylic acids is 1. The van der Waals surface area contributed by atoms with Crippen LogP contribution in [0.5, 0.6) is 11.5 Å². The lowest BCUT2D eigenvalue weighted by atomic mass is 9.95. The number of aliphatic carboxylic acids is 1. The van der Waals surface area contributed by atoms with Crippen LogP contribution in [0.15, 0.2) is 42.5 Å². The summed E-state index contributed by atoms with van der Waals surface area (Å²) in [6.45, 7) is 7.71. The molecule has 2 aromatic rings. The maximum atomic E-state index is 14.2. The third kappa shape index (κ3) is 9.39. The fourth-order valence-electron chi connectivity index (χ4n) is 6.47. The summed E-state index contributed by atoms with van der Waals surface area (Å²) < 4.78 is 43.8. The highest BCUT2D eigenvalue weighted by Crippen LogP contribution is 2.38. The van der Waals surface area contributed by atoms with Gasteiger partial charge in [0.1, 0.15) is 27.9 Å². The van der Waals surface area contributed by atoms with E-state index in [2.05, 4.69) is 10.2 Å². The van der Waals surface area contributed by atoms with Gasteiger partial charge in [0.2, 0.25) is 0 Å². The number of carboxylic acids is 1. The van der Waals surface area contributed by atoms with Crippen LogP contribution in [0.2, 0.25) is 0 Å². The lowest BCUT2D eigenvalue weighted by molar-refractivity contribution is -0.139. The van der Waals surface area contributed by atoms with Gasteiger partial charge in [-0.25, -0.2) is 13.2 Å². The molecule has 4 rings (SSSR count). The van der Waals surface area contributed by atoms with Crippen molar-refractivity contribution in [3.63, 3.8) is 0 Å². The number of likely N-dealkylation sites (tertiary alicyclic amines) is 2. The molecule has 2 N–H and O–H groups in total. The molecule has 0 spiro atoms. The second-order valence-corrected chi connectivity index (χ2v) is 16.1. The van der Waals surface area contributed by atoms with Crippen LogP contribution in [0, 0.1) is 0 Å². The first-order valence-corrected chi connectivity index (χ1v) is 18.1. The number of hydrogen-bond acceptors (Lipinski definition) is 9. The molecule has 2 aromatic carbocycles. The molecular formula is C35H51N3O8S. The molecule has 0 aliphatic carbocycles. The van der Waals surface area contributed by atoms with Crippen LogP contribution in [-0.4, -0.2) is 111 Å². The summed E-state index contributed by atoms with van der Waals surface area (Å²) in [7, 11) is -0.583. The number of methoxy groups -OCH3 is 2. The standard InChI is InChI=1S/C35H51N3O8S/c1-34(2,3)46-33(41)38-20-10-17-35(25-38,47(42,43)22-21-37-18-7-6-8-19-37)24-36-28(32(39)40)23-26-13-15-27(16-14-26)31-29(44-4)11-9-12-30(31)45-5/h9,11-16,28,36H,6-8,10,17-25H2,1-5H3,(H,39,40)/t28-,35?/m0/s1. The predicted molar refractivity (Wildman–Crippen MR) is 182 cm³/mol. The van der Waals surface area contributed by atoms with Gasteiger partial charge in [-0.05, 0) is 89.2 Å². The summed E-state index contributed by atoms with van der Waals surface area (Å²) in [5, 5.41) is 13.3. The van der Waals surface area contributed by atoms with Gasteiger partial charge in [-0.1, -0.05) is 36.8 Å². The fraction of sp³-hybridized carbons (Fsp3) is 0.600. The Morgan fingerprint density at radius 2 is 1.60 bits per heavy atom. The molecule has 2 heterocycles. The number of carboxylic acid groups (broad SMARTS) is 1. The molecule has 0 saturated carbocycles. The highest BCUT2D eigenvalue weighted by Gasteiger charge is 2.48. The van der Waals surface area contributed by atoms with E-state index >= 15 is 0 Å². The van der Waals surface area contributed by atoms with Crippen molar-refractivity contribution < 1.29 is 37.3 Å². The molecule has 0 aromatic heterocycles. The molecule has 47 heavy (non-hydrogen) atoms. The summed E-state index contributed by atoms with van der Waals surface area (Å²) in [5.74, 6) is 0.174. The van der Waals surface area contributed by atoms with E-state index in [9.17, 15) is 23.1 Å². The molecule has 0 radical (unpaired) electrons. The predicted octanol–water partition coefficient (Wildman–Crippen LogP) is 4.63. The summed E-state index contributed by atoms with van der Waals surface area (Å²) in [5.41, 5.74) is 1.68. The molecule has 2 aliphatic heterocycles. The highest BCUT2D eigenvalue weighted by molar-refractivity contribution is 7.92. The van der Waals surface area contributed by atoms with Crippen molar-refractivity contribution in [2.45, 2.75) is 75.7 Å². The van der Waals surface area contributed by atoms with Gasteiger partial charge in [0.15, 0.2) is 9.84 Å². The Labute approximate surface area is 279 Å². The second kappa shape index (κ2) is 15.7. The zero-order valence-electron chi connectivity index (χ0n) is 28.4. The molecule has 2 fully saturated rings. The number of sulfone groups is 1. The van der Waals surface area contributed by atoms with Crippen LogP contribution < -0.4 is 14.8 Å². The van der Waals surface area contributed by atoms with E-state index in [4.69, 9.17) is 14.2 Å². The minimum absolute atomic E-state index is 0.0531.